The highest BCUT2D eigenvalue weighted by Crippen LogP contribution is 2.27. The van der Waals surface area contributed by atoms with Gasteiger partial charge in [0.1, 0.15) is 11.5 Å². The number of esters is 1. The van der Waals surface area contributed by atoms with Crippen LogP contribution in [0.4, 0.5) is 5.69 Å². The molecule has 0 aromatic heterocycles. The summed E-state index contributed by atoms with van der Waals surface area (Å²) in [4.78, 5) is 24.1. The third kappa shape index (κ3) is 6.49. The molecule has 0 spiro atoms. The van der Waals surface area contributed by atoms with Crippen molar-refractivity contribution >= 4 is 29.2 Å². The largest absolute Gasteiger partial charge is 0.495 e. The summed E-state index contributed by atoms with van der Waals surface area (Å²) in [6.07, 6.45) is -0.938. The van der Waals surface area contributed by atoms with Crippen molar-refractivity contribution in [2.75, 3.05) is 19.0 Å². The molecule has 1 atom stereocenters. The fourth-order valence-corrected chi connectivity index (χ4v) is 2.38. The maximum atomic E-state index is 12.2. The molecule has 1 N–H and O–H groups in total. The second-order valence-corrected chi connectivity index (χ2v) is 6.31. The predicted molar refractivity (Wildman–Crippen MR) is 103 cm³/mol. The van der Waals surface area contributed by atoms with Crippen LogP contribution in [-0.2, 0) is 14.3 Å². The maximum Gasteiger partial charge on any atom is 0.310 e. The molecule has 0 aliphatic heterocycles. The Kier molecular flexibility index (Phi) is 7.49. The van der Waals surface area contributed by atoms with Gasteiger partial charge in [-0.05, 0) is 44.2 Å². The van der Waals surface area contributed by atoms with E-state index >= 15 is 0 Å². The first kappa shape index (κ1) is 20.6. The van der Waals surface area contributed by atoms with E-state index < -0.39 is 18.0 Å². The van der Waals surface area contributed by atoms with Crippen LogP contribution in [0, 0.1) is 6.92 Å². The molecule has 0 saturated heterocycles. The highest BCUT2D eigenvalue weighted by atomic mass is 35.5. The van der Waals surface area contributed by atoms with Gasteiger partial charge in [-0.1, -0.05) is 29.3 Å². The van der Waals surface area contributed by atoms with Gasteiger partial charge in [-0.15, -0.1) is 0 Å². The topological polar surface area (TPSA) is 73.9 Å². The number of ether oxygens (including phenoxy) is 3. The summed E-state index contributed by atoms with van der Waals surface area (Å²) in [7, 11) is 1.48. The molecule has 0 heterocycles. The van der Waals surface area contributed by atoms with Crippen molar-refractivity contribution in [3.63, 3.8) is 0 Å². The van der Waals surface area contributed by atoms with Crippen molar-refractivity contribution in [3.05, 3.63) is 53.1 Å². The number of hydrogen-bond donors (Lipinski definition) is 1. The standard InChI is InChI=1S/C20H22ClNO5/c1-13-4-7-16(8-5-13)26-11-10-19(23)27-14(2)20(24)22-17-12-15(21)6-9-18(17)25-3/h4-9,12,14H,10-11H2,1-3H3,(H,22,24)/t14-/m0/s1. The summed E-state index contributed by atoms with van der Waals surface area (Å²) in [6.45, 7) is 3.63. The summed E-state index contributed by atoms with van der Waals surface area (Å²) in [5.74, 6) is 0.121. The molecule has 1 amide bonds. The minimum Gasteiger partial charge on any atom is -0.495 e. The molecular weight excluding hydrogens is 370 g/mol. The number of amides is 1. The monoisotopic (exact) mass is 391 g/mol. The van der Waals surface area contributed by atoms with Gasteiger partial charge in [0.2, 0.25) is 0 Å². The lowest BCUT2D eigenvalue weighted by molar-refractivity contribution is -0.153. The van der Waals surface area contributed by atoms with E-state index in [0.717, 1.165) is 5.56 Å². The summed E-state index contributed by atoms with van der Waals surface area (Å²) in [5, 5.41) is 3.09. The first-order chi connectivity index (χ1) is 12.9. The number of aryl methyl sites for hydroxylation is 1. The van der Waals surface area contributed by atoms with Crippen LogP contribution in [-0.4, -0.2) is 31.7 Å². The smallest absolute Gasteiger partial charge is 0.310 e. The fraction of sp³-hybridized carbons (Fsp3) is 0.300. The Bertz CT molecular complexity index is 791. The number of carbonyl (C=O) groups excluding carboxylic acids is 2. The summed E-state index contributed by atoms with van der Waals surface area (Å²) >= 11 is 5.93. The zero-order chi connectivity index (χ0) is 19.8. The average Bonchev–Trinajstić information content (AvgIpc) is 2.63. The molecule has 6 nitrogen and oxygen atoms in total. The van der Waals surface area contributed by atoms with E-state index in [0.29, 0.717) is 22.2 Å². The first-order valence-electron chi connectivity index (χ1n) is 8.42. The van der Waals surface area contributed by atoms with Crippen molar-refractivity contribution in [1.82, 2.24) is 0 Å². The lowest BCUT2D eigenvalue weighted by Gasteiger charge is -2.15. The molecule has 0 bridgehead atoms. The van der Waals surface area contributed by atoms with E-state index in [1.807, 2.05) is 31.2 Å². The van der Waals surface area contributed by atoms with Crippen LogP contribution < -0.4 is 14.8 Å². The molecule has 2 aromatic carbocycles. The number of halogens is 1. The highest BCUT2D eigenvalue weighted by molar-refractivity contribution is 6.31. The van der Waals surface area contributed by atoms with E-state index in [2.05, 4.69) is 5.32 Å². The lowest BCUT2D eigenvalue weighted by atomic mass is 10.2. The van der Waals surface area contributed by atoms with Gasteiger partial charge in [0.05, 0.1) is 25.8 Å². The molecule has 0 radical (unpaired) electrons. The van der Waals surface area contributed by atoms with Gasteiger partial charge in [0.15, 0.2) is 6.10 Å². The van der Waals surface area contributed by atoms with E-state index in [9.17, 15) is 9.59 Å². The number of methoxy groups -OCH3 is 1. The lowest BCUT2D eigenvalue weighted by Crippen LogP contribution is -2.30. The van der Waals surface area contributed by atoms with Gasteiger partial charge in [-0.2, -0.15) is 0 Å². The number of hydrogen-bond acceptors (Lipinski definition) is 5. The van der Waals surface area contributed by atoms with E-state index in [4.69, 9.17) is 25.8 Å². The molecular formula is C20H22ClNO5. The third-order valence-corrected chi connectivity index (χ3v) is 3.93. The third-order valence-electron chi connectivity index (χ3n) is 3.69. The zero-order valence-corrected chi connectivity index (χ0v) is 16.2. The molecule has 0 aliphatic carbocycles. The fourth-order valence-electron chi connectivity index (χ4n) is 2.21. The van der Waals surface area contributed by atoms with Gasteiger partial charge >= 0.3 is 5.97 Å². The number of anilines is 1. The van der Waals surface area contributed by atoms with Gasteiger partial charge in [0, 0.05) is 5.02 Å². The number of nitrogens with one attached hydrogen (secondary N) is 1. The highest BCUT2D eigenvalue weighted by Gasteiger charge is 2.19. The van der Waals surface area contributed by atoms with Crippen molar-refractivity contribution in [2.45, 2.75) is 26.4 Å². The quantitative estimate of drug-likeness (QED) is 0.688. The zero-order valence-electron chi connectivity index (χ0n) is 15.5. The van der Waals surface area contributed by atoms with Crippen molar-refractivity contribution in [2.24, 2.45) is 0 Å². The summed E-state index contributed by atoms with van der Waals surface area (Å²) < 4.78 is 15.8. The maximum absolute atomic E-state index is 12.2. The molecule has 0 saturated carbocycles. The average molecular weight is 392 g/mol. The Hall–Kier alpha value is -2.73. The molecule has 2 rings (SSSR count). The number of rotatable bonds is 8. The summed E-state index contributed by atoms with van der Waals surface area (Å²) in [6, 6.07) is 12.3. The van der Waals surface area contributed by atoms with Crippen LogP contribution in [0.2, 0.25) is 5.02 Å². The minimum atomic E-state index is -0.972. The molecule has 0 fully saturated rings. The van der Waals surface area contributed by atoms with Crippen LogP contribution in [0.25, 0.3) is 0 Å². The van der Waals surface area contributed by atoms with Crippen LogP contribution in [0.3, 0.4) is 0 Å². The van der Waals surface area contributed by atoms with Crippen molar-refractivity contribution in [3.8, 4) is 11.5 Å². The minimum absolute atomic E-state index is 0.0337. The van der Waals surface area contributed by atoms with Crippen molar-refractivity contribution < 1.29 is 23.8 Å². The second-order valence-electron chi connectivity index (χ2n) is 5.88. The second kappa shape index (κ2) is 9.83. The van der Waals surface area contributed by atoms with Crippen LogP contribution in [0.5, 0.6) is 11.5 Å². The SMILES string of the molecule is COc1ccc(Cl)cc1NC(=O)[C@H](C)OC(=O)CCOc1ccc(C)cc1. The van der Waals surface area contributed by atoms with Crippen LogP contribution in [0.1, 0.15) is 18.9 Å². The number of benzene rings is 2. The van der Waals surface area contributed by atoms with Gasteiger partial charge in [-0.25, -0.2) is 0 Å². The Balaban J connectivity index is 1.80. The molecule has 144 valence electrons. The Morgan fingerprint density at radius 2 is 1.85 bits per heavy atom. The molecule has 2 aromatic rings. The Labute approximate surface area is 163 Å². The van der Waals surface area contributed by atoms with Gasteiger partial charge in [0.25, 0.3) is 5.91 Å². The van der Waals surface area contributed by atoms with Gasteiger partial charge < -0.3 is 19.5 Å². The van der Waals surface area contributed by atoms with Crippen molar-refractivity contribution in [1.29, 1.82) is 0 Å². The normalized spacial score (nSPS) is 11.4. The predicted octanol–water partition coefficient (Wildman–Crippen LogP) is 4.00. The van der Waals surface area contributed by atoms with Crippen LogP contribution >= 0.6 is 11.6 Å². The molecule has 27 heavy (non-hydrogen) atoms. The van der Waals surface area contributed by atoms with E-state index in [-0.39, 0.29) is 13.0 Å². The summed E-state index contributed by atoms with van der Waals surface area (Å²) in [5.41, 5.74) is 1.53. The molecule has 0 unspecified atom stereocenters. The van der Waals surface area contributed by atoms with E-state index in [1.165, 1.54) is 14.0 Å². The Morgan fingerprint density at radius 1 is 1.15 bits per heavy atom. The number of carbonyl (C=O) groups is 2. The van der Waals surface area contributed by atoms with Gasteiger partial charge in [-0.3, -0.25) is 9.59 Å². The Morgan fingerprint density at radius 3 is 2.52 bits per heavy atom. The molecule has 0 aliphatic rings. The molecule has 7 heteroatoms. The van der Waals surface area contributed by atoms with E-state index in [1.54, 1.807) is 18.2 Å². The first-order valence-corrected chi connectivity index (χ1v) is 8.80. The van der Waals surface area contributed by atoms with Crippen LogP contribution in [0.15, 0.2) is 42.5 Å².